The van der Waals surface area contributed by atoms with Gasteiger partial charge in [-0.05, 0) is 43.9 Å². The second kappa shape index (κ2) is 9.07. The Morgan fingerprint density at radius 2 is 1.81 bits per heavy atom. The SMILES string of the molecule is CCN(CC(=O)Nc1c(F)cccc1F)C(=O)CC1(CN)CCCCC1. The van der Waals surface area contributed by atoms with Gasteiger partial charge in [0.05, 0.1) is 6.54 Å². The van der Waals surface area contributed by atoms with Gasteiger partial charge in [0.25, 0.3) is 0 Å². The zero-order valence-corrected chi connectivity index (χ0v) is 15.2. The van der Waals surface area contributed by atoms with E-state index in [9.17, 15) is 18.4 Å². The molecule has 0 aliphatic heterocycles. The van der Waals surface area contributed by atoms with E-state index in [-0.39, 0.29) is 17.9 Å². The molecule has 0 spiro atoms. The van der Waals surface area contributed by atoms with Gasteiger partial charge in [-0.25, -0.2) is 8.78 Å². The third-order valence-corrected chi connectivity index (χ3v) is 5.17. The van der Waals surface area contributed by atoms with Crippen LogP contribution in [0.2, 0.25) is 0 Å². The van der Waals surface area contributed by atoms with E-state index >= 15 is 0 Å². The van der Waals surface area contributed by atoms with Crippen molar-refractivity contribution < 1.29 is 18.4 Å². The van der Waals surface area contributed by atoms with Crippen LogP contribution >= 0.6 is 0 Å². The van der Waals surface area contributed by atoms with E-state index in [0.29, 0.717) is 19.5 Å². The molecular formula is C19H27F2N3O2. The third kappa shape index (κ3) is 5.00. The van der Waals surface area contributed by atoms with Crippen molar-refractivity contribution in [1.29, 1.82) is 0 Å². The minimum atomic E-state index is -0.850. The van der Waals surface area contributed by atoms with Crippen molar-refractivity contribution in [3.05, 3.63) is 29.8 Å². The smallest absolute Gasteiger partial charge is 0.244 e. The van der Waals surface area contributed by atoms with Crippen LogP contribution in [0.4, 0.5) is 14.5 Å². The topological polar surface area (TPSA) is 75.4 Å². The van der Waals surface area contributed by atoms with Crippen LogP contribution < -0.4 is 11.1 Å². The largest absolute Gasteiger partial charge is 0.334 e. The van der Waals surface area contributed by atoms with Crippen LogP contribution in [0.15, 0.2) is 18.2 Å². The van der Waals surface area contributed by atoms with Crippen LogP contribution in [0.5, 0.6) is 0 Å². The fourth-order valence-electron chi connectivity index (χ4n) is 3.53. The maximum Gasteiger partial charge on any atom is 0.244 e. The van der Waals surface area contributed by atoms with Crippen LogP contribution in [-0.4, -0.2) is 36.3 Å². The number of anilines is 1. The van der Waals surface area contributed by atoms with Gasteiger partial charge in [-0.2, -0.15) is 0 Å². The molecule has 3 N–H and O–H groups in total. The van der Waals surface area contributed by atoms with E-state index in [1.54, 1.807) is 6.92 Å². The van der Waals surface area contributed by atoms with Crippen molar-refractivity contribution >= 4 is 17.5 Å². The van der Waals surface area contributed by atoms with Crippen LogP contribution in [0, 0.1) is 17.0 Å². The predicted molar refractivity (Wildman–Crippen MR) is 96.4 cm³/mol. The van der Waals surface area contributed by atoms with Crippen molar-refractivity contribution in [3.63, 3.8) is 0 Å². The molecule has 2 amide bonds. The first kappa shape index (κ1) is 20.3. The number of nitrogens with zero attached hydrogens (tertiary/aromatic N) is 1. The van der Waals surface area contributed by atoms with Crippen molar-refractivity contribution in [2.24, 2.45) is 11.1 Å². The normalized spacial score (nSPS) is 16.2. The van der Waals surface area contributed by atoms with E-state index in [4.69, 9.17) is 5.73 Å². The first-order valence-corrected chi connectivity index (χ1v) is 9.12. The summed E-state index contributed by atoms with van der Waals surface area (Å²) in [6, 6.07) is 3.35. The number of hydrogen-bond acceptors (Lipinski definition) is 3. The first-order chi connectivity index (χ1) is 12.4. The number of benzene rings is 1. The van der Waals surface area contributed by atoms with Crippen LogP contribution in [0.3, 0.4) is 0 Å². The Kier molecular flexibility index (Phi) is 7.08. The molecule has 2 rings (SSSR count). The van der Waals surface area contributed by atoms with Gasteiger partial charge < -0.3 is 16.0 Å². The molecule has 0 saturated heterocycles. The lowest BCUT2D eigenvalue weighted by atomic mass is 9.71. The average molecular weight is 367 g/mol. The Morgan fingerprint density at radius 1 is 1.19 bits per heavy atom. The summed E-state index contributed by atoms with van der Waals surface area (Å²) in [5, 5.41) is 2.22. The lowest BCUT2D eigenvalue weighted by molar-refractivity contribution is -0.137. The highest BCUT2D eigenvalue weighted by molar-refractivity contribution is 5.94. The van der Waals surface area contributed by atoms with Gasteiger partial charge in [0.15, 0.2) is 0 Å². The zero-order chi connectivity index (χ0) is 19.2. The van der Waals surface area contributed by atoms with Crippen LogP contribution in [-0.2, 0) is 9.59 Å². The molecular weight excluding hydrogens is 340 g/mol. The summed E-state index contributed by atoms with van der Waals surface area (Å²) in [5.74, 6) is -2.48. The van der Waals surface area contributed by atoms with E-state index in [1.165, 1.54) is 11.0 Å². The molecule has 0 bridgehead atoms. The highest BCUT2D eigenvalue weighted by atomic mass is 19.1. The van der Waals surface area contributed by atoms with Crippen molar-refractivity contribution in [1.82, 2.24) is 4.90 Å². The Balaban J connectivity index is 1.99. The van der Waals surface area contributed by atoms with E-state index < -0.39 is 23.2 Å². The van der Waals surface area contributed by atoms with E-state index in [0.717, 1.165) is 44.2 Å². The summed E-state index contributed by atoms with van der Waals surface area (Å²) < 4.78 is 27.3. The number of amides is 2. The van der Waals surface area contributed by atoms with Gasteiger partial charge in [-0.3, -0.25) is 9.59 Å². The summed E-state index contributed by atoms with van der Waals surface area (Å²) in [5.41, 5.74) is 5.24. The molecule has 5 nitrogen and oxygen atoms in total. The summed E-state index contributed by atoms with van der Waals surface area (Å²) in [6.45, 7) is 2.31. The molecule has 1 aliphatic rings. The standard InChI is InChI=1S/C19H27F2N3O2/c1-2-24(17(26)11-19(13-22)9-4-3-5-10-19)12-16(25)23-18-14(20)7-6-8-15(18)21/h6-8H,2-5,9-13,22H2,1H3,(H,23,25). The molecule has 7 heteroatoms. The lowest BCUT2D eigenvalue weighted by Gasteiger charge is -2.37. The summed E-state index contributed by atoms with van der Waals surface area (Å²) >= 11 is 0. The maximum atomic E-state index is 13.6. The van der Waals surface area contributed by atoms with Gasteiger partial charge in [0, 0.05) is 13.0 Å². The van der Waals surface area contributed by atoms with Crippen molar-refractivity contribution in [2.45, 2.75) is 45.4 Å². The predicted octanol–water partition coefficient (Wildman–Crippen LogP) is 3.05. The first-order valence-electron chi connectivity index (χ1n) is 9.12. The maximum absolute atomic E-state index is 13.6. The number of likely N-dealkylation sites (N-methyl/N-ethyl adjacent to an activating group) is 1. The highest BCUT2D eigenvalue weighted by Crippen LogP contribution is 2.38. The molecule has 144 valence electrons. The Hall–Kier alpha value is -2.02. The number of carbonyl (C=O) groups is 2. The summed E-state index contributed by atoms with van der Waals surface area (Å²) in [4.78, 5) is 26.2. The molecule has 0 atom stereocenters. The number of para-hydroxylation sites is 1. The number of nitrogens with one attached hydrogen (secondary N) is 1. The van der Waals surface area contributed by atoms with Gasteiger partial charge in [0.2, 0.25) is 11.8 Å². The lowest BCUT2D eigenvalue weighted by Crippen LogP contribution is -2.43. The molecule has 0 aromatic heterocycles. The molecule has 0 heterocycles. The quantitative estimate of drug-likeness (QED) is 0.778. The van der Waals surface area contributed by atoms with Crippen molar-refractivity contribution in [3.8, 4) is 0 Å². The number of nitrogens with two attached hydrogens (primary N) is 1. The highest BCUT2D eigenvalue weighted by Gasteiger charge is 2.34. The minimum absolute atomic E-state index is 0.149. The molecule has 1 aromatic rings. The zero-order valence-electron chi connectivity index (χ0n) is 15.2. The molecule has 1 fully saturated rings. The monoisotopic (exact) mass is 367 g/mol. The number of carbonyl (C=O) groups excluding carboxylic acids is 2. The molecule has 1 saturated carbocycles. The number of halogens is 2. The van der Waals surface area contributed by atoms with E-state index in [2.05, 4.69) is 5.32 Å². The summed E-state index contributed by atoms with van der Waals surface area (Å²) in [6.07, 6.45) is 5.41. The second-order valence-corrected chi connectivity index (χ2v) is 6.99. The minimum Gasteiger partial charge on any atom is -0.334 e. The van der Waals surface area contributed by atoms with Crippen LogP contribution in [0.25, 0.3) is 0 Å². The third-order valence-electron chi connectivity index (χ3n) is 5.17. The Morgan fingerprint density at radius 3 is 2.35 bits per heavy atom. The molecule has 0 unspecified atom stereocenters. The van der Waals surface area contributed by atoms with Gasteiger partial charge in [-0.15, -0.1) is 0 Å². The molecule has 1 aliphatic carbocycles. The fourth-order valence-corrected chi connectivity index (χ4v) is 3.53. The van der Waals surface area contributed by atoms with Crippen molar-refractivity contribution in [2.75, 3.05) is 25.0 Å². The van der Waals surface area contributed by atoms with Gasteiger partial charge >= 0.3 is 0 Å². The molecule has 0 radical (unpaired) electrons. The average Bonchev–Trinajstić information content (AvgIpc) is 2.63. The Bertz CT molecular complexity index is 625. The number of rotatable bonds is 7. The van der Waals surface area contributed by atoms with Gasteiger partial charge in [0.1, 0.15) is 17.3 Å². The molecule has 1 aromatic carbocycles. The Labute approximate surface area is 152 Å². The number of hydrogen-bond donors (Lipinski definition) is 2. The van der Waals surface area contributed by atoms with Crippen LogP contribution in [0.1, 0.15) is 45.4 Å². The summed E-state index contributed by atoms with van der Waals surface area (Å²) in [7, 11) is 0. The molecule has 26 heavy (non-hydrogen) atoms. The van der Waals surface area contributed by atoms with E-state index in [1.807, 2.05) is 0 Å². The fraction of sp³-hybridized carbons (Fsp3) is 0.579. The van der Waals surface area contributed by atoms with Gasteiger partial charge in [-0.1, -0.05) is 25.3 Å². The second-order valence-electron chi connectivity index (χ2n) is 6.99.